The topological polar surface area (TPSA) is 29.5 Å². The Balaban J connectivity index is 2.13. The summed E-state index contributed by atoms with van der Waals surface area (Å²) in [6, 6.07) is 0. The molecule has 17 heavy (non-hydrogen) atoms. The summed E-state index contributed by atoms with van der Waals surface area (Å²) < 4.78 is 5.50. The van der Waals surface area contributed by atoms with Gasteiger partial charge in [0.05, 0.1) is 6.10 Å². The number of ether oxygens (including phenoxy) is 1. The molecule has 1 rings (SSSR count). The van der Waals surface area contributed by atoms with E-state index in [-0.39, 0.29) is 5.91 Å². The standard InChI is InChI=1S/C13H24BrNO2/c1-4-17-12-7-11(8-12)9-13(16)15(3)6-5-10(2)14/h10-12H,4-9H2,1-3H3. The predicted molar refractivity (Wildman–Crippen MR) is 73.4 cm³/mol. The normalized spacial score (nSPS) is 25.2. The minimum Gasteiger partial charge on any atom is -0.378 e. The third-order valence-corrected chi connectivity index (χ3v) is 3.80. The molecule has 0 heterocycles. The third-order valence-electron chi connectivity index (χ3n) is 3.35. The van der Waals surface area contributed by atoms with E-state index in [0.29, 0.717) is 23.3 Å². The van der Waals surface area contributed by atoms with Crippen LogP contribution in [0.3, 0.4) is 0 Å². The molecule has 3 nitrogen and oxygen atoms in total. The molecule has 0 N–H and O–H groups in total. The molecule has 0 aromatic carbocycles. The fraction of sp³-hybridized carbons (Fsp3) is 0.923. The third kappa shape index (κ3) is 5.38. The Morgan fingerprint density at radius 2 is 2.18 bits per heavy atom. The van der Waals surface area contributed by atoms with Crippen molar-refractivity contribution in [3.63, 3.8) is 0 Å². The van der Waals surface area contributed by atoms with Crippen molar-refractivity contribution >= 4 is 21.8 Å². The molecule has 0 aromatic heterocycles. The van der Waals surface area contributed by atoms with Gasteiger partial charge in [0.2, 0.25) is 5.91 Å². The maximum atomic E-state index is 11.9. The highest BCUT2D eigenvalue weighted by Crippen LogP contribution is 2.33. The summed E-state index contributed by atoms with van der Waals surface area (Å²) in [5.74, 6) is 0.820. The molecule has 0 aromatic rings. The molecule has 0 radical (unpaired) electrons. The van der Waals surface area contributed by atoms with E-state index in [1.165, 1.54) is 0 Å². The minimum atomic E-state index is 0.276. The van der Waals surface area contributed by atoms with E-state index >= 15 is 0 Å². The largest absolute Gasteiger partial charge is 0.378 e. The molecule has 1 fully saturated rings. The Labute approximate surface area is 113 Å². The first kappa shape index (κ1) is 15.0. The zero-order valence-corrected chi connectivity index (χ0v) is 12.7. The predicted octanol–water partition coefficient (Wildman–Crippen LogP) is 2.82. The van der Waals surface area contributed by atoms with Gasteiger partial charge in [0.25, 0.3) is 0 Å². The lowest BCUT2D eigenvalue weighted by Crippen LogP contribution is -2.37. The summed E-state index contributed by atoms with van der Waals surface area (Å²) >= 11 is 3.50. The van der Waals surface area contributed by atoms with Crippen molar-refractivity contribution in [2.24, 2.45) is 5.92 Å². The second kappa shape index (κ2) is 7.37. The first-order valence-electron chi connectivity index (χ1n) is 6.52. The Hall–Kier alpha value is -0.0900. The van der Waals surface area contributed by atoms with Crippen LogP contribution in [-0.2, 0) is 9.53 Å². The molecule has 0 bridgehead atoms. The van der Waals surface area contributed by atoms with Gasteiger partial charge in [-0.25, -0.2) is 0 Å². The van der Waals surface area contributed by atoms with Crippen LogP contribution in [0.15, 0.2) is 0 Å². The molecule has 1 unspecified atom stereocenters. The van der Waals surface area contributed by atoms with E-state index in [2.05, 4.69) is 22.9 Å². The number of halogens is 1. The second-order valence-electron chi connectivity index (χ2n) is 5.00. The van der Waals surface area contributed by atoms with Crippen LogP contribution in [0.25, 0.3) is 0 Å². The molecule has 0 saturated heterocycles. The van der Waals surface area contributed by atoms with E-state index < -0.39 is 0 Å². The lowest BCUT2D eigenvalue weighted by molar-refractivity contribution is -0.133. The highest BCUT2D eigenvalue weighted by Gasteiger charge is 2.31. The van der Waals surface area contributed by atoms with Gasteiger partial charge in [-0.15, -0.1) is 0 Å². The van der Waals surface area contributed by atoms with Crippen molar-refractivity contribution in [3.05, 3.63) is 0 Å². The molecule has 1 aliphatic carbocycles. The first-order chi connectivity index (χ1) is 8.02. The van der Waals surface area contributed by atoms with Crippen LogP contribution in [0, 0.1) is 5.92 Å². The number of hydrogen-bond acceptors (Lipinski definition) is 2. The number of nitrogens with zero attached hydrogens (tertiary/aromatic N) is 1. The quantitative estimate of drug-likeness (QED) is 0.677. The molecule has 1 amide bonds. The molecule has 1 saturated carbocycles. The van der Waals surface area contributed by atoms with Crippen LogP contribution in [0.1, 0.15) is 39.5 Å². The second-order valence-corrected chi connectivity index (χ2v) is 6.57. The first-order valence-corrected chi connectivity index (χ1v) is 7.44. The average Bonchev–Trinajstić information content (AvgIpc) is 2.22. The van der Waals surface area contributed by atoms with Gasteiger partial charge in [-0.2, -0.15) is 0 Å². The highest BCUT2D eigenvalue weighted by molar-refractivity contribution is 9.09. The van der Waals surface area contributed by atoms with E-state index in [4.69, 9.17) is 4.74 Å². The van der Waals surface area contributed by atoms with Crippen LogP contribution >= 0.6 is 15.9 Å². The summed E-state index contributed by atoms with van der Waals surface area (Å²) in [5, 5.41) is 0. The average molecular weight is 306 g/mol. The number of amides is 1. The monoisotopic (exact) mass is 305 g/mol. The van der Waals surface area contributed by atoms with Gasteiger partial charge in [0.1, 0.15) is 0 Å². The fourth-order valence-electron chi connectivity index (χ4n) is 2.11. The van der Waals surface area contributed by atoms with Crippen molar-refractivity contribution in [2.75, 3.05) is 20.2 Å². The van der Waals surface area contributed by atoms with Crippen LogP contribution < -0.4 is 0 Å². The van der Waals surface area contributed by atoms with Crippen molar-refractivity contribution in [1.82, 2.24) is 4.90 Å². The Bertz CT molecular complexity index is 240. The molecule has 1 aliphatic rings. The van der Waals surface area contributed by atoms with Gasteiger partial charge in [-0.05, 0) is 32.1 Å². The van der Waals surface area contributed by atoms with Gasteiger partial charge in [-0.1, -0.05) is 22.9 Å². The summed E-state index contributed by atoms with van der Waals surface area (Å²) in [6.45, 7) is 5.76. The Morgan fingerprint density at radius 3 is 2.71 bits per heavy atom. The number of rotatable bonds is 7. The van der Waals surface area contributed by atoms with Crippen LogP contribution in [0.2, 0.25) is 0 Å². The van der Waals surface area contributed by atoms with E-state index in [1.54, 1.807) is 0 Å². The van der Waals surface area contributed by atoms with Gasteiger partial charge < -0.3 is 9.64 Å². The highest BCUT2D eigenvalue weighted by atomic mass is 79.9. The molecule has 4 heteroatoms. The summed E-state index contributed by atoms with van der Waals surface area (Å²) in [6.07, 6.45) is 4.22. The Morgan fingerprint density at radius 1 is 1.53 bits per heavy atom. The van der Waals surface area contributed by atoms with Crippen molar-refractivity contribution in [1.29, 1.82) is 0 Å². The van der Waals surface area contributed by atoms with E-state index in [1.807, 2.05) is 18.9 Å². The van der Waals surface area contributed by atoms with Gasteiger partial charge in [0.15, 0.2) is 0 Å². The molecule has 1 atom stereocenters. The van der Waals surface area contributed by atoms with Gasteiger partial charge in [-0.3, -0.25) is 4.79 Å². The minimum absolute atomic E-state index is 0.276. The molecular formula is C13H24BrNO2. The van der Waals surface area contributed by atoms with Gasteiger partial charge >= 0.3 is 0 Å². The summed E-state index contributed by atoms with van der Waals surface area (Å²) in [5.41, 5.74) is 0. The number of alkyl halides is 1. The molecule has 100 valence electrons. The van der Waals surface area contributed by atoms with Crippen molar-refractivity contribution < 1.29 is 9.53 Å². The van der Waals surface area contributed by atoms with Crippen molar-refractivity contribution in [2.45, 2.75) is 50.5 Å². The number of carbonyl (C=O) groups excluding carboxylic acids is 1. The summed E-state index contributed by atoms with van der Waals surface area (Å²) in [4.78, 5) is 14.2. The van der Waals surface area contributed by atoms with Crippen LogP contribution in [0.5, 0.6) is 0 Å². The lowest BCUT2D eigenvalue weighted by atomic mass is 9.80. The smallest absolute Gasteiger partial charge is 0.222 e. The Kier molecular flexibility index (Phi) is 6.49. The van der Waals surface area contributed by atoms with E-state index in [0.717, 1.165) is 32.4 Å². The number of carbonyl (C=O) groups is 1. The lowest BCUT2D eigenvalue weighted by Gasteiger charge is -2.35. The SMILES string of the molecule is CCOC1CC(CC(=O)N(C)CCC(C)Br)C1. The van der Waals surface area contributed by atoms with Gasteiger partial charge in [0, 0.05) is 31.4 Å². The molecule has 0 aliphatic heterocycles. The van der Waals surface area contributed by atoms with Crippen molar-refractivity contribution in [3.8, 4) is 0 Å². The van der Waals surface area contributed by atoms with E-state index in [9.17, 15) is 4.79 Å². The van der Waals surface area contributed by atoms with Crippen LogP contribution in [-0.4, -0.2) is 41.9 Å². The fourth-order valence-corrected chi connectivity index (χ4v) is 2.32. The number of hydrogen-bond donors (Lipinski definition) is 0. The maximum absolute atomic E-state index is 11.9. The maximum Gasteiger partial charge on any atom is 0.222 e. The molecular weight excluding hydrogens is 282 g/mol. The summed E-state index contributed by atoms with van der Waals surface area (Å²) in [7, 11) is 1.90. The zero-order chi connectivity index (χ0) is 12.8. The molecule has 0 spiro atoms. The zero-order valence-electron chi connectivity index (χ0n) is 11.1. The van der Waals surface area contributed by atoms with Crippen LogP contribution in [0.4, 0.5) is 0 Å².